The van der Waals surface area contributed by atoms with Crippen LogP contribution in [0.2, 0.25) is 0 Å². The molecule has 1 rings (SSSR count). The predicted octanol–water partition coefficient (Wildman–Crippen LogP) is 2.29. The van der Waals surface area contributed by atoms with Gasteiger partial charge in [-0.3, -0.25) is 5.32 Å². The van der Waals surface area contributed by atoms with Crippen LogP contribution in [-0.2, 0) is 15.1 Å². The first kappa shape index (κ1) is 16.9. The normalized spacial score (nSPS) is 13.3. The third-order valence-electron chi connectivity index (χ3n) is 2.88. The van der Waals surface area contributed by atoms with Crippen LogP contribution in [0.4, 0.5) is 8.78 Å². The lowest BCUT2D eigenvalue weighted by Crippen LogP contribution is -2.47. The van der Waals surface area contributed by atoms with Crippen LogP contribution in [0.1, 0.15) is 19.4 Å². The van der Waals surface area contributed by atoms with Gasteiger partial charge < -0.3 is 9.47 Å². The lowest BCUT2D eigenvalue weighted by molar-refractivity contribution is -0.150. The van der Waals surface area contributed by atoms with Crippen LogP contribution in [0.25, 0.3) is 0 Å². The van der Waals surface area contributed by atoms with E-state index in [0.717, 1.165) is 0 Å². The van der Waals surface area contributed by atoms with E-state index < -0.39 is 18.1 Å². The number of alkyl halides is 2. The van der Waals surface area contributed by atoms with Crippen molar-refractivity contribution in [1.82, 2.24) is 5.32 Å². The minimum absolute atomic E-state index is 0.0110. The highest BCUT2D eigenvalue weighted by atomic mass is 19.3. The minimum atomic E-state index is -2.90. The molecule has 0 bridgehead atoms. The summed E-state index contributed by atoms with van der Waals surface area (Å²) in [5, 5.41) is 2.91. The average molecular weight is 297 g/mol. The second-order valence-electron chi connectivity index (χ2n) is 4.31. The van der Waals surface area contributed by atoms with Crippen molar-refractivity contribution >= 4 is 5.97 Å². The number of hydrogen-bond donors (Lipinski definition) is 1. The van der Waals surface area contributed by atoms with Crippen LogP contribution >= 0.6 is 0 Å². The van der Waals surface area contributed by atoms with E-state index in [1.165, 1.54) is 24.3 Å². The summed E-state index contributed by atoms with van der Waals surface area (Å²) >= 11 is 0. The summed E-state index contributed by atoms with van der Waals surface area (Å²) in [5.41, 5.74) is -0.621. The smallest absolute Gasteiger partial charge is 0.387 e. The van der Waals surface area contributed by atoms with Gasteiger partial charge >= 0.3 is 12.6 Å². The van der Waals surface area contributed by atoms with Gasteiger partial charge in [-0.15, -0.1) is 6.42 Å². The largest absolute Gasteiger partial charge is 0.464 e. The van der Waals surface area contributed by atoms with Crippen LogP contribution in [-0.4, -0.2) is 25.7 Å². The van der Waals surface area contributed by atoms with Crippen molar-refractivity contribution in [2.45, 2.75) is 26.0 Å². The number of ether oxygens (including phenoxy) is 2. The molecule has 1 aromatic carbocycles. The van der Waals surface area contributed by atoms with Crippen molar-refractivity contribution < 1.29 is 23.0 Å². The van der Waals surface area contributed by atoms with Crippen molar-refractivity contribution in [1.29, 1.82) is 0 Å². The van der Waals surface area contributed by atoms with E-state index >= 15 is 0 Å². The maximum atomic E-state index is 12.1. The summed E-state index contributed by atoms with van der Waals surface area (Å²) in [6.45, 7) is 0.792. The maximum Gasteiger partial charge on any atom is 0.387 e. The molecule has 1 aromatic rings. The van der Waals surface area contributed by atoms with Gasteiger partial charge in [0.05, 0.1) is 13.2 Å². The zero-order valence-corrected chi connectivity index (χ0v) is 11.9. The van der Waals surface area contributed by atoms with Gasteiger partial charge in [0.25, 0.3) is 0 Å². The summed E-state index contributed by atoms with van der Waals surface area (Å²) in [7, 11) is 0. The Bertz CT molecular complexity index is 511. The topological polar surface area (TPSA) is 47.6 Å². The van der Waals surface area contributed by atoms with Gasteiger partial charge in [-0.2, -0.15) is 8.78 Å². The highest BCUT2D eigenvalue weighted by Crippen LogP contribution is 2.25. The summed E-state index contributed by atoms with van der Waals surface area (Å²) in [6, 6.07) is 5.74. The molecule has 0 amide bonds. The van der Waals surface area contributed by atoms with Crippen molar-refractivity contribution in [3.63, 3.8) is 0 Å². The molecule has 21 heavy (non-hydrogen) atoms. The molecule has 0 aliphatic carbocycles. The number of nitrogens with one attached hydrogen (secondary N) is 1. The fourth-order valence-corrected chi connectivity index (χ4v) is 1.77. The zero-order valence-electron chi connectivity index (χ0n) is 11.9. The lowest BCUT2D eigenvalue weighted by Gasteiger charge is -2.28. The Morgan fingerprint density at radius 2 is 2.05 bits per heavy atom. The van der Waals surface area contributed by atoms with Gasteiger partial charge in [0.15, 0.2) is 0 Å². The van der Waals surface area contributed by atoms with E-state index in [-0.39, 0.29) is 18.9 Å². The number of rotatable bonds is 7. The molecule has 1 atom stereocenters. The van der Waals surface area contributed by atoms with Crippen molar-refractivity contribution in [3.05, 3.63) is 29.8 Å². The standard InChI is InChI=1S/C15H17F2NO3/c1-4-10-18-15(3,13(19)20-5-2)11-6-8-12(9-7-11)21-14(16)17/h1,6-9,14,18H,5,10H2,2-3H3. The molecule has 0 saturated carbocycles. The fraction of sp³-hybridized carbons (Fsp3) is 0.400. The highest BCUT2D eigenvalue weighted by molar-refractivity contribution is 5.82. The Kier molecular flexibility index (Phi) is 6.12. The molecular formula is C15H17F2NO3. The van der Waals surface area contributed by atoms with Crippen LogP contribution in [0, 0.1) is 12.3 Å². The van der Waals surface area contributed by atoms with E-state index in [1.807, 2.05) is 0 Å². The molecule has 0 radical (unpaired) electrons. The molecule has 6 heteroatoms. The second kappa shape index (κ2) is 7.60. The Morgan fingerprint density at radius 1 is 1.43 bits per heavy atom. The fourth-order valence-electron chi connectivity index (χ4n) is 1.77. The Hall–Kier alpha value is -2.13. The van der Waals surface area contributed by atoms with E-state index in [1.54, 1.807) is 13.8 Å². The Balaban J connectivity index is 3.03. The van der Waals surface area contributed by atoms with Gasteiger partial charge in [-0.05, 0) is 31.5 Å². The van der Waals surface area contributed by atoms with Gasteiger partial charge in [0.2, 0.25) is 0 Å². The number of carbonyl (C=O) groups excluding carboxylic acids is 1. The van der Waals surface area contributed by atoms with Gasteiger partial charge in [-0.25, -0.2) is 4.79 Å². The third kappa shape index (κ3) is 4.43. The highest BCUT2D eigenvalue weighted by Gasteiger charge is 2.36. The number of esters is 1. The molecule has 0 aliphatic rings. The van der Waals surface area contributed by atoms with Gasteiger partial charge in [-0.1, -0.05) is 18.1 Å². The predicted molar refractivity (Wildman–Crippen MR) is 73.9 cm³/mol. The summed E-state index contributed by atoms with van der Waals surface area (Å²) in [5.74, 6) is 1.90. The first-order valence-electron chi connectivity index (χ1n) is 6.35. The molecule has 0 fully saturated rings. The average Bonchev–Trinajstić information content (AvgIpc) is 2.45. The van der Waals surface area contributed by atoms with Crippen LogP contribution in [0.5, 0.6) is 5.75 Å². The van der Waals surface area contributed by atoms with Crippen molar-refractivity contribution in [3.8, 4) is 18.1 Å². The molecule has 0 aromatic heterocycles. The van der Waals surface area contributed by atoms with Gasteiger partial charge in [0.1, 0.15) is 11.3 Å². The van der Waals surface area contributed by atoms with Crippen LogP contribution in [0.3, 0.4) is 0 Å². The van der Waals surface area contributed by atoms with Crippen molar-refractivity contribution in [2.24, 2.45) is 0 Å². The summed E-state index contributed by atoms with van der Waals surface area (Å²) < 4.78 is 33.5. The van der Waals surface area contributed by atoms with E-state index in [2.05, 4.69) is 16.0 Å². The maximum absolute atomic E-state index is 12.1. The molecular weight excluding hydrogens is 280 g/mol. The monoisotopic (exact) mass is 297 g/mol. The van der Waals surface area contributed by atoms with Crippen LogP contribution in [0.15, 0.2) is 24.3 Å². The Labute approximate surface area is 122 Å². The molecule has 0 heterocycles. The van der Waals surface area contributed by atoms with E-state index in [0.29, 0.717) is 5.56 Å². The molecule has 1 N–H and O–H groups in total. The SMILES string of the molecule is C#CCNC(C)(C(=O)OCC)c1ccc(OC(F)F)cc1. The van der Waals surface area contributed by atoms with Gasteiger partial charge in [0, 0.05) is 0 Å². The number of carbonyl (C=O) groups is 1. The number of hydrogen-bond acceptors (Lipinski definition) is 4. The lowest BCUT2D eigenvalue weighted by atomic mass is 9.92. The molecule has 114 valence electrons. The molecule has 4 nitrogen and oxygen atoms in total. The number of benzene rings is 1. The molecule has 0 aliphatic heterocycles. The summed E-state index contributed by atoms with van der Waals surface area (Å²) in [6.07, 6.45) is 5.20. The second-order valence-corrected chi connectivity index (χ2v) is 4.31. The molecule has 0 spiro atoms. The first-order chi connectivity index (χ1) is 9.93. The molecule has 1 unspecified atom stereocenters. The third-order valence-corrected chi connectivity index (χ3v) is 2.88. The molecule has 0 saturated heterocycles. The first-order valence-corrected chi connectivity index (χ1v) is 6.35. The van der Waals surface area contributed by atoms with Crippen LogP contribution < -0.4 is 10.1 Å². The summed E-state index contributed by atoms with van der Waals surface area (Å²) in [4.78, 5) is 12.1. The number of terminal acetylenes is 1. The van der Waals surface area contributed by atoms with E-state index in [4.69, 9.17) is 11.2 Å². The minimum Gasteiger partial charge on any atom is -0.464 e. The number of halogens is 2. The Morgan fingerprint density at radius 3 is 2.52 bits per heavy atom. The quantitative estimate of drug-likeness (QED) is 0.619. The van der Waals surface area contributed by atoms with E-state index in [9.17, 15) is 13.6 Å². The van der Waals surface area contributed by atoms with Crippen molar-refractivity contribution in [2.75, 3.05) is 13.2 Å². The zero-order chi connectivity index (χ0) is 15.9.